The third-order valence-electron chi connectivity index (χ3n) is 3.45. The zero-order chi connectivity index (χ0) is 16.7. The molecule has 0 saturated carbocycles. The molecule has 4 nitrogen and oxygen atoms in total. The first-order chi connectivity index (χ1) is 11.2. The zero-order valence-electron chi connectivity index (χ0n) is 13.7. The summed E-state index contributed by atoms with van der Waals surface area (Å²) < 4.78 is 11.0. The number of hydrogen-bond acceptors (Lipinski definition) is 5. The highest BCUT2D eigenvalue weighted by atomic mass is 32.1. The fourth-order valence-electron chi connectivity index (χ4n) is 2.09. The van der Waals surface area contributed by atoms with E-state index in [1.807, 2.05) is 18.2 Å². The normalized spacial score (nSPS) is 10.7. The molecule has 0 fully saturated rings. The number of carbonyl (C=O) groups is 1. The average molecular weight is 333 g/mol. The number of hydrogen-bond donors (Lipinski definition) is 1. The molecule has 2 rings (SSSR count). The third kappa shape index (κ3) is 4.86. The Labute approximate surface area is 142 Å². The standard InChI is InChI=1S/C18H23NO3S/c1-3-5-9-21-17-15(18(20)22-10-6-4-2)11-13-7-8-14(23)12-16(13)19-17/h7-8,11-12,23H,3-6,9-10H2,1-2H3. The summed E-state index contributed by atoms with van der Waals surface area (Å²) in [5.41, 5.74) is 1.14. The molecule has 0 bridgehead atoms. The van der Waals surface area contributed by atoms with Gasteiger partial charge in [-0.05, 0) is 31.0 Å². The molecule has 1 heterocycles. The third-order valence-corrected chi connectivity index (χ3v) is 3.73. The Kier molecular flexibility index (Phi) is 6.71. The maximum absolute atomic E-state index is 12.3. The SMILES string of the molecule is CCCCOC(=O)c1cc2ccc(S)cc2nc1OCCCC. The Hall–Kier alpha value is -1.75. The molecule has 124 valence electrons. The monoisotopic (exact) mass is 333 g/mol. The number of thiol groups is 1. The molecule has 0 spiro atoms. The predicted molar refractivity (Wildman–Crippen MR) is 94.6 cm³/mol. The molecule has 0 unspecified atom stereocenters. The van der Waals surface area contributed by atoms with E-state index in [-0.39, 0.29) is 5.97 Å². The summed E-state index contributed by atoms with van der Waals surface area (Å²) in [7, 11) is 0. The van der Waals surface area contributed by atoms with Crippen molar-refractivity contribution < 1.29 is 14.3 Å². The largest absolute Gasteiger partial charge is 0.477 e. The molecule has 0 aliphatic rings. The van der Waals surface area contributed by atoms with Crippen LogP contribution in [0.5, 0.6) is 5.88 Å². The highest BCUT2D eigenvalue weighted by Gasteiger charge is 2.17. The minimum atomic E-state index is -0.380. The number of carbonyl (C=O) groups excluding carboxylic acids is 1. The molecule has 1 aromatic heterocycles. The predicted octanol–water partition coefficient (Wildman–Crippen LogP) is 4.66. The van der Waals surface area contributed by atoms with Gasteiger partial charge in [0.05, 0.1) is 18.7 Å². The molecule has 5 heteroatoms. The van der Waals surface area contributed by atoms with E-state index >= 15 is 0 Å². The molecule has 0 radical (unpaired) electrons. The second-order valence-corrected chi connectivity index (χ2v) is 5.93. The van der Waals surface area contributed by atoms with Crippen molar-refractivity contribution in [2.75, 3.05) is 13.2 Å². The number of fused-ring (bicyclic) bond motifs is 1. The number of benzene rings is 1. The second kappa shape index (κ2) is 8.77. The van der Waals surface area contributed by atoms with Gasteiger partial charge in [0.25, 0.3) is 0 Å². The Balaban J connectivity index is 2.31. The van der Waals surface area contributed by atoms with E-state index < -0.39 is 0 Å². The van der Waals surface area contributed by atoms with Gasteiger partial charge in [-0.15, -0.1) is 12.6 Å². The molecule has 0 amide bonds. The molecule has 0 saturated heterocycles. The fraction of sp³-hybridized carbons (Fsp3) is 0.444. The van der Waals surface area contributed by atoms with Gasteiger partial charge in [0.1, 0.15) is 5.56 Å². The summed E-state index contributed by atoms with van der Waals surface area (Å²) in [5.74, 6) is -0.0410. The van der Waals surface area contributed by atoms with Gasteiger partial charge in [-0.1, -0.05) is 32.8 Å². The van der Waals surface area contributed by atoms with E-state index in [2.05, 4.69) is 31.5 Å². The molecule has 0 atom stereocenters. The van der Waals surface area contributed by atoms with Crippen molar-refractivity contribution in [1.82, 2.24) is 4.98 Å². The van der Waals surface area contributed by atoms with Crippen molar-refractivity contribution in [3.8, 4) is 5.88 Å². The molecule has 0 aliphatic carbocycles. The van der Waals surface area contributed by atoms with Crippen molar-refractivity contribution in [2.24, 2.45) is 0 Å². The number of esters is 1. The molecule has 2 aromatic rings. The number of unbranched alkanes of at least 4 members (excludes halogenated alkanes) is 2. The Morgan fingerprint density at radius 2 is 1.87 bits per heavy atom. The first kappa shape index (κ1) is 17.6. The number of rotatable bonds is 8. The van der Waals surface area contributed by atoms with E-state index in [4.69, 9.17) is 9.47 Å². The highest BCUT2D eigenvalue weighted by Crippen LogP contribution is 2.25. The van der Waals surface area contributed by atoms with Gasteiger partial charge in [-0.25, -0.2) is 9.78 Å². The van der Waals surface area contributed by atoms with Crippen LogP contribution in [0.1, 0.15) is 49.9 Å². The van der Waals surface area contributed by atoms with Crippen molar-refractivity contribution in [1.29, 1.82) is 0 Å². The Morgan fingerprint density at radius 1 is 1.13 bits per heavy atom. The van der Waals surface area contributed by atoms with Gasteiger partial charge in [-0.2, -0.15) is 0 Å². The summed E-state index contributed by atoms with van der Waals surface area (Å²) in [5, 5.41) is 0.869. The highest BCUT2D eigenvalue weighted by molar-refractivity contribution is 7.80. The van der Waals surface area contributed by atoms with Crippen LogP contribution in [0.25, 0.3) is 10.9 Å². The van der Waals surface area contributed by atoms with E-state index in [0.717, 1.165) is 41.5 Å². The number of ether oxygens (including phenoxy) is 2. The number of pyridine rings is 1. The van der Waals surface area contributed by atoms with Crippen LogP contribution >= 0.6 is 12.6 Å². The second-order valence-electron chi connectivity index (χ2n) is 5.41. The van der Waals surface area contributed by atoms with Gasteiger partial charge in [0.15, 0.2) is 0 Å². The lowest BCUT2D eigenvalue weighted by molar-refractivity contribution is 0.0494. The number of nitrogens with zero attached hydrogens (tertiary/aromatic N) is 1. The Bertz CT molecular complexity index is 673. The van der Waals surface area contributed by atoms with Gasteiger partial charge < -0.3 is 9.47 Å². The zero-order valence-corrected chi connectivity index (χ0v) is 14.6. The lowest BCUT2D eigenvalue weighted by atomic mass is 10.1. The molecule has 1 aromatic carbocycles. The molecule has 23 heavy (non-hydrogen) atoms. The molecule has 0 N–H and O–H groups in total. The summed E-state index contributed by atoms with van der Waals surface area (Å²) in [6, 6.07) is 7.41. The summed E-state index contributed by atoms with van der Waals surface area (Å²) in [6.07, 6.45) is 3.76. The molecule has 0 aliphatic heterocycles. The molecular weight excluding hydrogens is 310 g/mol. The maximum Gasteiger partial charge on any atom is 0.343 e. The van der Waals surface area contributed by atoms with Crippen LogP contribution in [-0.2, 0) is 4.74 Å². The summed E-state index contributed by atoms with van der Waals surface area (Å²) >= 11 is 4.33. The van der Waals surface area contributed by atoms with E-state index in [9.17, 15) is 4.79 Å². The van der Waals surface area contributed by atoms with Crippen LogP contribution in [0.2, 0.25) is 0 Å². The lowest BCUT2D eigenvalue weighted by Crippen LogP contribution is -2.11. The number of aromatic nitrogens is 1. The summed E-state index contributed by atoms with van der Waals surface area (Å²) in [4.78, 5) is 17.6. The van der Waals surface area contributed by atoms with Crippen molar-refractivity contribution in [2.45, 2.75) is 44.4 Å². The van der Waals surface area contributed by atoms with Crippen LogP contribution in [0.4, 0.5) is 0 Å². The minimum absolute atomic E-state index is 0.339. The first-order valence-electron chi connectivity index (χ1n) is 8.09. The van der Waals surface area contributed by atoms with Gasteiger partial charge in [0.2, 0.25) is 5.88 Å². The van der Waals surface area contributed by atoms with Gasteiger partial charge in [0, 0.05) is 10.3 Å². The van der Waals surface area contributed by atoms with E-state index in [0.29, 0.717) is 24.7 Å². The van der Waals surface area contributed by atoms with E-state index in [1.165, 1.54) is 0 Å². The topological polar surface area (TPSA) is 48.4 Å². The van der Waals surface area contributed by atoms with Crippen molar-refractivity contribution >= 4 is 29.5 Å². The van der Waals surface area contributed by atoms with Crippen LogP contribution in [0, 0.1) is 0 Å². The minimum Gasteiger partial charge on any atom is -0.477 e. The lowest BCUT2D eigenvalue weighted by Gasteiger charge is -2.12. The van der Waals surface area contributed by atoms with Gasteiger partial charge in [-0.3, -0.25) is 0 Å². The fourth-order valence-corrected chi connectivity index (χ4v) is 2.29. The maximum atomic E-state index is 12.3. The van der Waals surface area contributed by atoms with Crippen molar-refractivity contribution in [3.05, 3.63) is 29.8 Å². The van der Waals surface area contributed by atoms with Crippen molar-refractivity contribution in [3.63, 3.8) is 0 Å². The van der Waals surface area contributed by atoms with Crippen LogP contribution in [-0.4, -0.2) is 24.2 Å². The first-order valence-corrected chi connectivity index (χ1v) is 8.54. The summed E-state index contributed by atoms with van der Waals surface area (Å²) in [6.45, 7) is 5.09. The van der Waals surface area contributed by atoms with Crippen LogP contribution in [0.3, 0.4) is 0 Å². The smallest absolute Gasteiger partial charge is 0.343 e. The quantitative estimate of drug-likeness (QED) is 0.434. The van der Waals surface area contributed by atoms with E-state index in [1.54, 1.807) is 6.07 Å². The average Bonchev–Trinajstić information content (AvgIpc) is 2.54. The van der Waals surface area contributed by atoms with Gasteiger partial charge >= 0.3 is 5.97 Å². The Morgan fingerprint density at radius 3 is 2.61 bits per heavy atom. The van der Waals surface area contributed by atoms with Crippen LogP contribution in [0.15, 0.2) is 29.2 Å². The van der Waals surface area contributed by atoms with Crippen LogP contribution < -0.4 is 4.74 Å². The molecular formula is C18H23NO3S.